The Labute approximate surface area is 201 Å². The van der Waals surface area contributed by atoms with Gasteiger partial charge in [0, 0.05) is 25.3 Å². The Balaban J connectivity index is 1.76. The summed E-state index contributed by atoms with van der Waals surface area (Å²) in [5, 5.41) is 13.9. The Bertz CT molecular complexity index is 1190. The maximum Gasteiger partial charge on any atom is 0.252 e. The van der Waals surface area contributed by atoms with Crippen LogP contribution < -0.4 is 5.56 Å². The highest BCUT2D eigenvalue weighted by molar-refractivity contribution is 5.82. The van der Waals surface area contributed by atoms with Crippen molar-refractivity contribution in [1.29, 1.82) is 0 Å². The predicted molar refractivity (Wildman–Crippen MR) is 134 cm³/mol. The zero-order valence-electron chi connectivity index (χ0n) is 21.4. The lowest BCUT2D eigenvalue weighted by Gasteiger charge is -2.34. The molecule has 3 heterocycles. The molecule has 2 aromatic heterocycles. The zero-order chi connectivity index (χ0) is 24.5. The number of ether oxygens (including phenoxy) is 1. The van der Waals surface area contributed by atoms with Crippen LogP contribution >= 0.6 is 0 Å². The Morgan fingerprint density at radius 1 is 1.26 bits per heavy atom. The first-order valence-corrected chi connectivity index (χ1v) is 12.4. The summed E-state index contributed by atoms with van der Waals surface area (Å²) in [4.78, 5) is 18.7. The average molecular weight is 467 g/mol. The van der Waals surface area contributed by atoms with E-state index in [-0.39, 0.29) is 23.2 Å². The number of pyridine rings is 1. The van der Waals surface area contributed by atoms with Crippen LogP contribution in [0.5, 0.6) is 0 Å². The molecular weight excluding hydrogens is 428 g/mol. The quantitative estimate of drug-likeness (QED) is 0.529. The number of nitrogens with zero attached hydrogens (tertiary/aromatic N) is 5. The van der Waals surface area contributed by atoms with E-state index in [0.717, 1.165) is 66.7 Å². The molecule has 1 N–H and O–H groups in total. The van der Waals surface area contributed by atoms with E-state index in [9.17, 15) is 4.79 Å². The third-order valence-electron chi connectivity index (χ3n) is 6.64. The second-order valence-corrected chi connectivity index (χ2v) is 10.7. The number of tetrazole rings is 1. The first-order chi connectivity index (χ1) is 16.2. The lowest BCUT2D eigenvalue weighted by atomic mass is 10.0. The van der Waals surface area contributed by atoms with Crippen LogP contribution in [0.25, 0.3) is 10.9 Å². The number of fused-ring (bicyclic) bond motifs is 1. The Morgan fingerprint density at radius 2 is 2.06 bits per heavy atom. The molecule has 1 fully saturated rings. The van der Waals surface area contributed by atoms with Crippen LogP contribution in [0.1, 0.15) is 81.9 Å². The minimum absolute atomic E-state index is 0.0160. The van der Waals surface area contributed by atoms with Gasteiger partial charge in [0.25, 0.3) is 5.56 Å². The lowest BCUT2D eigenvalue weighted by molar-refractivity contribution is 0.0465. The molecule has 8 nitrogen and oxygen atoms in total. The van der Waals surface area contributed by atoms with Crippen LogP contribution in [0.2, 0.25) is 0 Å². The van der Waals surface area contributed by atoms with Gasteiger partial charge in [-0.3, -0.25) is 9.69 Å². The first-order valence-electron chi connectivity index (χ1n) is 12.4. The van der Waals surface area contributed by atoms with Crippen LogP contribution in [-0.4, -0.2) is 49.3 Å². The van der Waals surface area contributed by atoms with Gasteiger partial charge in [0.2, 0.25) is 0 Å². The number of rotatable bonds is 8. The van der Waals surface area contributed by atoms with Crippen molar-refractivity contribution in [3.8, 4) is 0 Å². The van der Waals surface area contributed by atoms with Crippen LogP contribution in [-0.2, 0) is 16.8 Å². The van der Waals surface area contributed by atoms with E-state index < -0.39 is 0 Å². The number of benzene rings is 1. The SMILES string of the molecule is CCC[C@@H](c1nnnn1C(C)(C)C)N(Cc1cc2cc(C)cc(C)c2[nH]c1=O)C[C@H]1CCCO1. The number of hydrogen-bond acceptors (Lipinski definition) is 6. The smallest absolute Gasteiger partial charge is 0.252 e. The Morgan fingerprint density at radius 3 is 2.74 bits per heavy atom. The molecule has 1 aromatic carbocycles. The fraction of sp³-hybridized carbons (Fsp3) is 0.615. The summed E-state index contributed by atoms with van der Waals surface area (Å²) in [5.41, 5.74) is 3.66. The van der Waals surface area contributed by atoms with Crippen LogP contribution in [0.15, 0.2) is 23.0 Å². The standard InChI is InChI=1S/C26H38N6O2/c1-7-9-22(24-28-29-30-32(24)26(4,5)6)31(16-21-10-8-11-34-21)15-20-14-19-13-17(2)12-18(3)23(19)27-25(20)33/h12-14,21-22H,7-11,15-16H2,1-6H3,(H,27,33)/t21-,22+/m1/s1. The number of aromatic nitrogens is 5. The van der Waals surface area contributed by atoms with E-state index in [4.69, 9.17) is 4.74 Å². The van der Waals surface area contributed by atoms with Crippen molar-refractivity contribution in [2.45, 2.75) is 91.5 Å². The highest BCUT2D eigenvalue weighted by Gasteiger charge is 2.32. The van der Waals surface area contributed by atoms with Crippen molar-refractivity contribution >= 4 is 10.9 Å². The molecule has 1 aliphatic rings. The van der Waals surface area contributed by atoms with Crippen molar-refractivity contribution in [3.63, 3.8) is 0 Å². The Kier molecular flexibility index (Phi) is 7.19. The first kappa shape index (κ1) is 24.5. The van der Waals surface area contributed by atoms with Gasteiger partial charge in [-0.1, -0.05) is 25.0 Å². The van der Waals surface area contributed by atoms with Gasteiger partial charge in [-0.2, -0.15) is 0 Å². The summed E-state index contributed by atoms with van der Waals surface area (Å²) < 4.78 is 7.93. The molecule has 1 aliphatic heterocycles. The molecule has 2 atom stereocenters. The number of H-pyrrole nitrogens is 1. The summed E-state index contributed by atoms with van der Waals surface area (Å²) in [6, 6.07) is 6.27. The lowest BCUT2D eigenvalue weighted by Crippen LogP contribution is -2.39. The second-order valence-electron chi connectivity index (χ2n) is 10.7. The molecule has 0 amide bonds. The van der Waals surface area contributed by atoms with E-state index in [1.54, 1.807) is 0 Å². The van der Waals surface area contributed by atoms with Crippen molar-refractivity contribution in [3.05, 3.63) is 51.1 Å². The highest BCUT2D eigenvalue weighted by atomic mass is 16.5. The molecule has 8 heteroatoms. The third kappa shape index (κ3) is 5.23. The molecule has 0 radical (unpaired) electrons. The molecular formula is C26H38N6O2. The largest absolute Gasteiger partial charge is 0.377 e. The van der Waals surface area contributed by atoms with Gasteiger partial charge in [-0.05, 0) is 87.4 Å². The minimum atomic E-state index is -0.240. The molecule has 0 spiro atoms. The molecule has 3 aromatic rings. The topological polar surface area (TPSA) is 88.9 Å². The van der Waals surface area contributed by atoms with Gasteiger partial charge in [-0.15, -0.1) is 5.10 Å². The van der Waals surface area contributed by atoms with Crippen molar-refractivity contribution in [2.24, 2.45) is 0 Å². The van der Waals surface area contributed by atoms with Gasteiger partial charge in [0.05, 0.1) is 23.2 Å². The van der Waals surface area contributed by atoms with Gasteiger partial charge < -0.3 is 9.72 Å². The maximum atomic E-state index is 13.2. The van der Waals surface area contributed by atoms with Crippen molar-refractivity contribution in [2.75, 3.05) is 13.2 Å². The molecule has 0 unspecified atom stereocenters. The fourth-order valence-corrected chi connectivity index (χ4v) is 5.05. The molecule has 184 valence electrons. The normalized spacial score (nSPS) is 17.7. The van der Waals surface area contributed by atoms with Crippen LogP contribution in [0.4, 0.5) is 0 Å². The summed E-state index contributed by atoms with van der Waals surface area (Å²) >= 11 is 0. The van der Waals surface area contributed by atoms with E-state index in [0.29, 0.717) is 6.54 Å². The predicted octanol–water partition coefficient (Wildman–Crippen LogP) is 4.41. The third-order valence-corrected chi connectivity index (χ3v) is 6.64. The molecule has 4 rings (SSSR count). The zero-order valence-corrected chi connectivity index (χ0v) is 21.4. The second kappa shape index (κ2) is 9.96. The number of nitrogens with one attached hydrogen (secondary N) is 1. The van der Waals surface area contributed by atoms with Gasteiger partial charge in [-0.25, -0.2) is 4.68 Å². The molecule has 0 aliphatic carbocycles. The number of hydrogen-bond donors (Lipinski definition) is 1. The van der Waals surface area contributed by atoms with Gasteiger partial charge >= 0.3 is 0 Å². The van der Waals surface area contributed by atoms with Crippen LogP contribution in [0.3, 0.4) is 0 Å². The summed E-state index contributed by atoms with van der Waals surface area (Å²) in [5.74, 6) is 0.844. The summed E-state index contributed by atoms with van der Waals surface area (Å²) in [7, 11) is 0. The minimum Gasteiger partial charge on any atom is -0.377 e. The fourth-order valence-electron chi connectivity index (χ4n) is 5.05. The van der Waals surface area contributed by atoms with E-state index in [1.165, 1.54) is 5.56 Å². The molecule has 0 bridgehead atoms. The van der Waals surface area contributed by atoms with E-state index >= 15 is 0 Å². The van der Waals surface area contributed by atoms with Crippen LogP contribution in [0, 0.1) is 13.8 Å². The van der Waals surface area contributed by atoms with Crippen molar-refractivity contribution < 1.29 is 4.74 Å². The molecule has 34 heavy (non-hydrogen) atoms. The molecule has 0 saturated carbocycles. The number of aromatic amines is 1. The monoisotopic (exact) mass is 466 g/mol. The maximum absolute atomic E-state index is 13.2. The number of aryl methyl sites for hydroxylation is 2. The van der Waals surface area contributed by atoms with E-state index in [2.05, 4.69) is 72.2 Å². The van der Waals surface area contributed by atoms with Gasteiger partial charge in [0.1, 0.15) is 0 Å². The average Bonchev–Trinajstić information content (AvgIpc) is 3.44. The Hall–Kier alpha value is -2.58. The van der Waals surface area contributed by atoms with Gasteiger partial charge in [0.15, 0.2) is 5.82 Å². The van der Waals surface area contributed by atoms with E-state index in [1.807, 2.05) is 17.7 Å². The summed E-state index contributed by atoms with van der Waals surface area (Å²) in [6.07, 6.45) is 4.14. The highest BCUT2D eigenvalue weighted by Crippen LogP contribution is 2.30. The molecule has 1 saturated heterocycles. The summed E-state index contributed by atoms with van der Waals surface area (Å²) in [6.45, 7) is 14.7. The van der Waals surface area contributed by atoms with Crippen molar-refractivity contribution in [1.82, 2.24) is 30.1 Å².